The van der Waals surface area contributed by atoms with Gasteiger partial charge in [-0.15, -0.1) is 0 Å². The zero-order valence-corrected chi connectivity index (χ0v) is 10.4. The second-order valence-electron chi connectivity index (χ2n) is 4.04. The van der Waals surface area contributed by atoms with Gasteiger partial charge in [0, 0.05) is 5.69 Å². The van der Waals surface area contributed by atoms with Crippen LogP contribution in [0.15, 0.2) is 18.2 Å². The number of aryl methyl sites for hydroxylation is 2. The van der Waals surface area contributed by atoms with Gasteiger partial charge in [0.15, 0.2) is 0 Å². The van der Waals surface area contributed by atoms with Crippen molar-refractivity contribution in [1.29, 1.82) is 5.26 Å². The monoisotopic (exact) mass is 258 g/mol. The van der Waals surface area contributed by atoms with Crippen molar-refractivity contribution in [3.8, 4) is 6.07 Å². The summed E-state index contributed by atoms with van der Waals surface area (Å²) in [7, 11) is 0. The van der Waals surface area contributed by atoms with Gasteiger partial charge in [-0.05, 0) is 26.0 Å². The number of H-pyrrole nitrogens is 1. The van der Waals surface area contributed by atoms with E-state index >= 15 is 0 Å². The summed E-state index contributed by atoms with van der Waals surface area (Å²) in [5.41, 5.74) is 1.52. The van der Waals surface area contributed by atoms with E-state index in [1.165, 1.54) is 18.2 Å². The second-order valence-corrected chi connectivity index (χ2v) is 4.04. The Kier molecular flexibility index (Phi) is 3.29. The molecule has 0 aliphatic heterocycles. The van der Waals surface area contributed by atoms with Gasteiger partial charge < -0.3 is 5.32 Å². The van der Waals surface area contributed by atoms with Crippen molar-refractivity contribution >= 4 is 11.6 Å². The zero-order valence-electron chi connectivity index (χ0n) is 10.4. The van der Waals surface area contributed by atoms with E-state index in [9.17, 15) is 9.18 Å². The zero-order chi connectivity index (χ0) is 14.0. The number of nitrogens with one attached hydrogen (secondary N) is 2. The molecule has 1 heterocycles. The van der Waals surface area contributed by atoms with Crippen LogP contribution >= 0.6 is 0 Å². The Morgan fingerprint density at radius 2 is 2.21 bits per heavy atom. The number of halogens is 1. The molecule has 0 spiro atoms. The molecule has 96 valence electrons. The number of aromatic amines is 1. The molecule has 0 aliphatic carbocycles. The first kappa shape index (κ1) is 12.8. The smallest absolute Gasteiger partial charge is 0.259 e. The van der Waals surface area contributed by atoms with Gasteiger partial charge in [-0.1, -0.05) is 6.07 Å². The van der Waals surface area contributed by atoms with Gasteiger partial charge in [-0.2, -0.15) is 10.4 Å². The summed E-state index contributed by atoms with van der Waals surface area (Å²) in [4.78, 5) is 12.1. The highest BCUT2D eigenvalue weighted by Gasteiger charge is 2.17. The van der Waals surface area contributed by atoms with E-state index in [4.69, 9.17) is 5.26 Å². The molecule has 2 N–H and O–H groups in total. The molecule has 1 aromatic heterocycles. The summed E-state index contributed by atoms with van der Waals surface area (Å²) < 4.78 is 13.4. The van der Waals surface area contributed by atoms with E-state index in [2.05, 4.69) is 15.5 Å². The molecule has 5 nitrogen and oxygen atoms in total. The number of nitriles is 1. The Hall–Kier alpha value is -2.68. The lowest BCUT2D eigenvalue weighted by Gasteiger charge is -2.07. The normalized spacial score (nSPS) is 10.0. The number of aromatic nitrogens is 2. The highest BCUT2D eigenvalue weighted by atomic mass is 19.1. The molecule has 0 aliphatic rings. The maximum absolute atomic E-state index is 13.4. The van der Waals surface area contributed by atoms with Gasteiger partial charge in [0.1, 0.15) is 17.4 Å². The second kappa shape index (κ2) is 4.90. The lowest BCUT2D eigenvalue weighted by Crippen LogP contribution is -2.15. The number of carbonyl (C=O) groups excluding carboxylic acids is 1. The summed E-state index contributed by atoms with van der Waals surface area (Å²) >= 11 is 0. The highest BCUT2D eigenvalue weighted by Crippen LogP contribution is 2.19. The van der Waals surface area contributed by atoms with Gasteiger partial charge in [-0.25, -0.2) is 4.39 Å². The van der Waals surface area contributed by atoms with Crippen molar-refractivity contribution in [2.24, 2.45) is 0 Å². The third-order valence-corrected chi connectivity index (χ3v) is 2.73. The number of carbonyl (C=O) groups is 1. The lowest BCUT2D eigenvalue weighted by molar-refractivity contribution is 0.102. The first-order valence-corrected chi connectivity index (χ1v) is 5.56. The molecule has 0 fully saturated rings. The van der Waals surface area contributed by atoms with Crippen LogP contribution in [0.4, 0.5) is 10.1 Å². The summed E-state index contributed by atoms with van der Waals surface area (Å²) in [6.07, 6.45) is 0. The van der Waals surface area contributed by atoms with Gasteiger partial charge in [0.2, 0.25) is 0 Å². The molecule has 0 unspecified atom stereocenters. The maximum atomic E-state index is 13.4. The first-order valence-electron chi connectivity index (χ1n) is 5.56. The average Bonchev–Trinajstić information content (AvgIpc) is 2.69. The largest absolute Gasteiger partial charge is 0.321 e. The van der Waals surface area contributed by atoms with Gasteiger partial charge in [-0.3, -0.25) is 9.89 Å². The topological polar surface area (TPSA) is 81.6 Å². The van der Waals surface area contributed by atoms with E-state index in [0.717, 1.165) is 0 Å². The fourth-order valence-electron chi connectivity index (χ4n) is 1.81. The number of amides is 1. The van der Waals surface area contributed by atoms with Crippen molar-refractivity contribution in [3.05, 3.63) is 46.5 Å². The quantitative estimate of drug-likeness (QED) is 0.867. The van der Waals surface area contributed by atoms with Crippen LogP contribution in [0.2, 0.25) is 0 Å². The number of nitrogens with zero attached hydrogens (tertiary/aromatic N) is 2. The Morgan fingerprint density at radius 3 is 2.79 bits per heavy atom. The van der Waals surface area contributed by atoms with Crippen LogP contribution in [0.5, 0.6) is 0 Å². The molecule has 0 bridgehead atoms. The molecule has 6 heteroatoms. The van der Waals surface area contributed by atoms with E-state index in [-0.39, 0.29) is 11.3 Å². The summed E-state index contributed by atoms with van der Waals surface area (Å²) in [6.45, 7) is 3.40. The van der Waals surface area contributed by atoms with Gasteiger partial charge in [0.25, 0.3) is 5.91 Å². The van der Waals surface area contributed by atoms with E-state index in [1.807, 2.05) is 0 Å². The third-order valence-electron chi connectivity index (χ3n) is 2.73. The Balaban J connectivity index is 2.36. The van der Waals surface area contributed by atoms with Gasteiger partial charge >= 0.3 is 0 Å². The van der Waals surface area contributed by atoms with Crippen LogP contribution in [0, 0.1) is 31.0 Å². The minimum atomic E-state index is -0.666. The van der Waals surface area contributed by atoms with Crippen molar-refractivity contribution in [2.75, 3.05) is 5.32 Å². The number of rotatable bonds is 2. The molecule has 2 aromatic rings. The van der Waals surface area contributed by atoms with Gasteiger partial charge in [0.05, 0.1) is 16.9 Å². The Bertz CT molecular complexity index is 665. The molecule has 0 saturated carbocycles. The van der Waals surface area contributed by atoms with Crippen LogP contribution in [-0.2, 0) is 0 Å². The van der Waals surface area contributed by atoms with Crippen LogP contribution in [0.1, 0.15) is 27.3 Å². The van der Waals surface area contributed by atoms with Crippen LogP contribution < -0.4 is 5.32 Å². The van der Waals surface area contributed by atoms with Crippen molar-refractivity contribution in [3.63, 3.8) is 0 Å². The molecule has 1 aromatic carbocycles. The van der Waals surface area contributed by atoms with Crippen LogP contribution in [0.25, 0.3) is 0 Å². The number of anilines is 1. The van der Waals surface area contributed by atoms with Crippen LogP contribution in [-0.4, -0.2) is 16.1 Å². The molecule has 0 saturated heterocycles. The summed E-state index contributed by atoms with van der Waals surface area (Å²) in [6, 6.07) is 5.81. The van der Waals surface area contributed by atoms with E-state index in [0.29, 0.717) is 17.0 Å². The Labute approximate surface area is 109 Å². The van der Waals surface area contributed by atoms with Crippen molar-refractivity contribution in [2.45, 2.75) is 13.8 Å². The Morgan fingerprint density at radius 1 is 1.47 bits per heavy atom. The fraction of sp³-hybridized carbons (Fsp3) is 0.154. The molecular formula is C13H11FN4O. The molecule has 1 amide bonds. The summed E-state index contributed by atoms with van der Waals surface area (Å²) in [5.74, 6) is -1.09. The van der Waals surface area contributed by atoms with E-state index in [1.54, 1.807) is 19.9 Å². The molecule has 0 atom stereocenters. The predicted molar refractivity (Wildman–Crippen MR) is 67.1 cm³/mol. The van der Waals surface area contributed by atoms with Crippen LogP contribution in [0.3, 0.4) is 0 Å². The highest BCUT2D eigenvalue weighted by molar-refractivity contribution is 6.06. The number of hydrogen-bond donors (Lipinski definition) is 2. The fourth-order valence-corrected chi connectivity index (χ4v) is 1.81. The molecule has 19 heavy (non-hydrogen) atoms. The standard InChI is InChI=1S/C13H11FN4O/c1-7-12(8(2)18-17-7)13(19)16-11-5-3-4-10(14)9(11)6-15/h3-5H,1-2H3,(H,16,19)(H,17,18). The average molecular weight is 258 g/mol. The minimum Gasteiger partial charge on any atom is -0.321 e. The lowest BCUT2D eigenvalue weighted by atomic mass is 10.1. The maximum Gasteiger partial charge on any atom is 0.259 e. The number of hydrogen-bond acceptors (Lipinski definition) is 3. The minimum absolute atomic E-state index is 0.146. The third kappa shape index (κ3) is 2.31. The molecule has 2 rings (SSSR count). The number of benzene rings is 1. The first-order chi connectivity index (χ1) is 9.04. The predicted octanol–water partition coefficient (Wildman–Crippen LogP) is 2.29. The summed E-state index contributed by atoms with van der Waals surface area (Å²) in [5, 5.41) is 18.0. The van der Waals surface area contributed by atoms with E-state index < -0.39 is 11.7 Å². The SMILES string of the molecule is Cc1n[nH]c(C)c1C(=O)Nc1cccc(F)c1C#N. The molecular weight excluding hydrogens is 247 g/mol. The van der Waals surface area contributed by atoms with Crippen molar-refractivity contribution in [1.82, 2.24) is 10.2 Å². The molecule has 0 radical (unpaired) electrons. The van der Waals surface area contributed by atoms with Crippen molar-refractivity contribution < 1.29 is 9.18 Å².